The fourth-order valence-electron chi connectivity index (χ4n) is 4.79. The first-order chi connectivity index (χ1) is 15.6. The van der Waals surface area contributed by atoms with Crippen LogP contribution in [0.5, 0.6) is 11.5 Å². The number of nitrogens with zero attached hydrogens (tertiary/aromatic N) is 4. The van der Waals surface area contributed by atoms with Gasteiger partial charge in [-0.2, -0.15) is 0 Å². The normalized spacial score (nSPS) is 26.0. The van der Waals surface area contributed by atoms with E-state index in [0.717, 1.165) is 49.9 Å². The third kappa shape index (κ3) is 4.04. The van der Waals surface area contributed by atoms with Crippen LogP contribution in [0.1, 0.15) is 25.7 Å². The number of rotatable bonds is 1. The Bertz CT molecular complexity index is 1100. The number of allylic oxidation sites excluding steroid dienone is 2. The summed E-state index contributed by atoms with van der Waals surface area (Å²) in [5.74, 6) is 1.90. The molecule has 0 radical (unpaired) electrons. The molecule has 2 atom stereocenters. The summed E-state index contributed by atoms with van der Waals surface area (Å²) in [4.78, 5) is 28.9. The summed E-state index contributed by atoms with van der Waals surface area (Å²) in [5, 5.41) is 4.42. The van der Waals surface area contributed by atoms with Crippen LogP contribution in [0.15, 0.2) is 34.6 Å². The molecule has 2 bridgehead atoms. The molecule has 5 rings (SSSR count). The molecule has 2 unspecified atom stereocenters. The van der Waals surface area contributed by atoms with Gasteiger partial charge in [-0.25, -0.2) is 15.0 Å². The highest BCUT2D eigenvalue weighted by atomic mass is 35.5. The van der Waals surface area contributed by atoms with Crippen molar-refractivity contribution in [3.05, 3.63) is 29.6 Å². The monoisotopic (exact) mass is 455 g/mol. The molecule has 1 N–H and O–H groups in total. The van der Waals surface area contributed by atoms with Crippen molar-refractivity contribution in [2.45, 2.75) is 31.7 Å². The molecular weight excluding hydrogens is 430 g/mol. The Balaban J connectivity index is 1.64. The van der Waals surface area contributed by atoms with E-state index in [0.29, 0.717) is 41.0 Å². The minimum atomic E-state index is -0.127. The number of aromatic nitrogens is 2. The van der Waals surface area contributed by atoms with Crippen LogP contribution in [-0.2, 0) is 4.79 Å². The summed E-state index contributed by atoms with van der Waals surface area (Å²) in [6.07, 6.45) is 7.20. The van der Waals surface area contributed by atoms with Crippen LogP contribution in [0.25, 0.3) is 10.9 Å². The maximum atomic E-state index is 12.9. The molecule has 3 aliphatic rings. The third-order valence-corrected chi connectivity index (χ3v) is 6.71. The Labute approximate surface area is 191 Å². The highest BCUT2D eigenvalue weighted by molar-refractivity contribution is 6.44. The zero-order valence-corrected chi connectivity index (χ0v) is 18.8. The van der Waals surface area contributed by atoms with Gasteiger partial charge < -0.3 is 14.8 Å². The first kappa shape index (κ1) is 21.2. The van der Waals surface area contributed by atoms with E-state index in [1.807, 2.05) is 12.1 Å². The van der Waals surface area contributed by atoms with Gasteiger partial charge in [0.2, 0.25) is 5.91 Å². The molecule has 1 aromatic heterocycles. The molecule has 3 heterocycles. The molecule has 0 saturated carbocycles. The lowest BCUT2D eigenvalue weighted by atomic mass is 9.91. The molecule has 1 fully saturated rings. The summed E-state index contributed by atoms with van der Waals surface area (Å²) in [6, 6.07) is 3.53. The van der Waals surface area contributed by atoms with E-state index in [-0.39, 0.29) is 17.9 Å². The molecule has 32 heavy (non-hydrogen) atoms. The average Bonchev–Trinajstić information content (AvgIpc) is 3.26. The minimum absolute atomic E-state index is 0.0547. The van der Waals surface area contributed by atoms with Gasteiger partial charge in [-0.1, -0.05) is 17.7 Å². The predicted octanol–water partition coefficient (Wildman–Crippen LogP) is 3.22. The second kappa shape index (κ2) is 9.03. The summed E-state index contributed by atoms with van der Waals surface area (Å²) < 4.78 is 11.5. The van der Waals surface area contributed by atoms with Crippen molar-refractivity contribution in [1.29, 1.82) is 0 Å². The van der Waals surface area contributed by atoms with E-state index in [9.17, 15) is 4.79 Å². The van der Waals surface area contributed by atoms with Gasteiger partial charge in [0, 0.05) is 18.5 Å². The fourth-order valence-corrected chi connectivity index (χ4v) is 5.10. The van der Waals surface area contributed by atoms with Crippen molar-refractivity contribution in [1.82, 2.24) is 20.2 Å². The Morgan fingerprint density at radius 2 is 2.19 bits per heavy atom. The second-order valence-electron chi connectivity index (χ2n) is 8.33. The van der Waals surface area contributed by atoms with Crippen LogP contribution in [0, 0.1) is 5.92 Å². The maximum Gasteiger partial charge on any atom is 0.237 e. The van der Waals surface area contributed by atoms with Crippen LogP contribution in [-0.4, -0.2) is 65.9 Å². The Hall–Kier alpha value is -2.71. The SMILES string of the molecule is COc1cc2cc3c(ncnc13)/N=C1/C(Cl)=CCCC1CN1CCCC1C(=O)NCCO2. The third-order valence-electron chi connectivity index (χ3n) is 6.36. The van der Waals surface area contributed by atoms with Crippen LogP contribution >= 0.6 is 11.6 Å². The van der Waals surface area contributed by atoms with E-state index in [2.05, 4.69) is 20.2 Å². The summed E-state index contributed by atoms with van der Waals surface area (Å²) in [6.45, 7) is 2.42. The lowest BCUT2D eigenvalue weighted by molar-refractivity contribution is -0.125. The molecule has 8 nitrogen and oxygen atoms in total. The highest BCUT2D eigenvalue weighted by Crippen LogP contribution is 2.36. The summed E-state index contributed by atoms with van der Waals surface area (Å²) in [5.41, 5.74) is 1.48. The number of carbonyl (C=O) groups is 1. The molecule has 1 aromatic carbocycles. The first-order valence-corrected chi connectivity index (χ1v) is 11.4. The van der Waals surface area contributed by atoms with Gasteiger partial charge in [-0.3, -0.25) is 9.69 Å². The molecule has 168 valence electrons. The smallest absolute Gasteiger partial charge is 0.237 e. The number of nitrogens with one attached hydrogen (secondary N) is 1. The van der Waals surface area contributed by atoms with E-state index < -0.39 is 0 Å². The van der Waals surface area contributed by atoms with Gasteiger partial charge in [0.25, 0.3) is 0 Å². The van der Waals surface area contributed by atoms with Crippen molar-refractivity contribution in [2.75, 3.05) is 33.4 Å². The Morgan fingerprint density at radius 3 is 3.06 bits per heavy atom. The number of ether oxygens (including phenoxy) is 2. The number of halogens is 1. The molecule has 2 aliphatic heterocycles. The van der Waals surface area contributed by atoms with E-state index in [1.165, 1.54) is 6.33 Å². The van der Waals surface area contributed by atoms with Crippen molar-refractivity contribution in [3.8, 4) is 11.5 Å². The number of hydrogen-bond donors (Lipinski definition) is 1. The zero-order valence-electron chi connectivity index (χ0n) is 18.0. The quantitative estimate of drug-likeness (QED) is 0.710. The van der Waals surface area contributed by atoms with Gasteiger partial charge in [-0.05, 0) is 38.3 Å². The van der Waals surface area contributed by atoms with Gasteiger partial charge in [0.15, 0.2) is 5.82 Å². The fraction of sp³-hybridized carbons (Fsp3) is 0.478. The minimum Gasteiger partial charge on any atom is -0.494 e. The number of methoxy groups -OCH3 is 1. The largest absolute Gasteiger partial charge is 0.494 e. The number of carbonyl (C=O) groups excluding carboxylic acids is 1. The number of aliphatic imine (C=N–C) groups is 1. The summed E-state index contributed by atoms with van der Waals surface area (Å²) >= 11 is 6.66. The molecule has 0 spiro atoms. The average molecular weight is 456 g/mol. The molecule has 1 aliphatic carbocycles. The topological polar surface area (TPSA) is 88.9 Å². The molecule has 1 saturated heterocycles. The van der Waals surface area contributed by atoms with Crippen molar-refractivity contribution in [3.63, 3.8) is 0 Å². The molecule has 9 heteroatoms. The van der Waals surface area contributed by atoms with E-state index >= 15 is 0 Å². The molecule has 1 amide bonds. The maximum absolute atomic E-state index is 12.9. The van der Waals surface area contributed by atoms with Crippen LogP contribution in [0.3, 0.4) is 0 Å². The zero-order chi connectivity index (χ0) is 22.1. The molecular formula is C23H26ClN5O3. The van der Waals surface area contributed by atoms with Crippen molar-refractivity contribution in [2.24, 2.45) is 10.9 Å². The van der Waals surface area contributed by atoms with Gasteiger partial charge in [0.1, 0.15) is 29.9 Å². The van der Waals surface area contributed by atoms with Crippen molar-refractivity contribution >= 4 is 39.9 Å². The van der Waals surface area contributed by atoms with E-state index in [1.54, 1.807) is 13.2 Å². The van der Waals surface area contributed by atoms with Crippen LogP contribution in [0.4, 0.5) is 5.82 Å². The summed E-state index contributed by atoms with van der Waals surface area (Å²) in [7, 11) is 1.60. The van der Waals surface area contributed by atoms with Gasteiger partial charge >= 0.3 is 0 Å². The predicted molar refractivity (Wildman–Crippen MR) is 123 cm³/mol. The number of benzene rings is 1. The standard InChI is InChI=1S/C23H26ClN5O3/c1-31-19-11-15-10-16-21(19)26-13-27-22(16)28-20-14(4-2-5-17(20)24)12-29-8-3-6-18(29)23(30)25-7-9-32-15/h5,10-11,13-14,18H,2-4,6-9,12H2,1H3,(H,25,30)/b28-20+. The highest BCUT2D eigenvalue weighted by Gasteiger charge is 2.34. The lowest BCUT2D eigenvalue weighted by Crippen LogP contribution is -2.46. The number of hydrogen-bond acceptors (Lipinski definition) is 7. The van der Waals surface area contributed by atoms with Crippen LogP contribution in [0.2, 0.25) is 0 Å². The second-order valence-corrected chi connectivity index (χ2v) is 8.74. The number of fused-ring (bicyclic) bond motifs is 3. The van der Waals surface area contributed by atoms with Gasteiger partial charge in [-0.15, -0.1) is 0 Å². The van der Waals surface area contributed by atoms with E-state index in [4.69, 9.17) is 26.1 Å². The Kier molecular flexibility index (Phi) is 5.97. The van der Waals surface area contributed by atoms with Gasteiger partial charge in [0.05, 0.1) is 35.8 Å². The van der Waals surface area contributed by atoms with Crippen molar-refractivity contribution < 1.29 is 14.3 Å². The Morgan fingerprint density at radius 1 is 1.28 bits per heavy atom. The molecule has 2 aromatic rings. The lowest BCUT2D eigenvalue weighted by Gasteiger charge is -2.30. The first-order valence-electron chi connectivity index (χ1n) is 11.1. The van der Waals surface area contributed by atoms with Crippen LogP contribution < -0.4 is 14.8 Å². The number of amides is 1.